The van der Waals surface area contributed by atoms with Gasteiger partial charge in [0.15, 0.2) is 0 Å². The maximum Gasteiger partial charge on any atom is 0.0712 e. The van der Waals surface area contributed by atoms with Crippen LogP contribution in [0.1, 0.15) is 38.6 Å². The lowest BCUT2D eigenvalue weighted by atomic mass is 10.1. The van der Waals surface area contributed by atoms with Gasteiger partial charge < -0.3 is 4.90 Å². The summed E-state index contributed by atoms with van der Waals surface area (Å²) in [7, 11) is 0. The zero-order valence-corrected chi connectivity index (χ0v) is 12.8. The van der Waals surface area contributed by atoms with Gasteiger partial charge in [-0.1, -0.05) is 58.0 Å². The first-order valence-corrected chi connectivity index (χ1v) is 7.34. The summed E-state index contributed by atoms with van der Waals surface area (Å²) in [5, 5.41) is 0.0868. The minimum atomic E-state index is 0.0868. The van der Waals surface area contributed by atoms with E-state index in [0.717, 1.165) is 19.6 Å². The van der Waals surface area contributed by atoms with Crippen LogP contribution in [0.4, 0.5) is 0 Å². The lowest BCUT2D eigenvalue weighted by Crippen LogP contribution is -2.34. The minimum absolute atomic E-state index is 0.0868. The van der Waals surface area contributed by atoms with E-state index < -0.39 is 0 Å². The number of rotatable bonds is 7. The summed E-state index contributed by atoms with van der Waals surface area (Å²) in [6, 6.07) is 10.4. The first-order chi connectivity index (χ1) is 8.49. The third kappa shape index (κ3) is 5.88. The molecule has 0 aromatic heterocycles. The standard InChI is InChI=1S/C16H26ClN/c1-13(2)10-18(11-14(3)4)12-16(17)15-8-6-5-7-9-15/h5-9,13-14,16H,10-12H2,1-4H3. The molecule has 1 nitrogen and oxygen atoms in total. The average Bonchev–Trinajstić information content (AvgIpc) is 2.28. The van der Waals surface area contributed by atoms with Crippen LogP contribution in [0.3, 0.4) is 0 Å². The van der Waals surface area contributed by atoms with Gasteiger partial charge in [0, 0.05) is 19.6 Å². The van der Waals surface area contributed by atoms with Gasteiger partial charge in [0.1, 0.15) is 0 Å². The van der Waals surface area contributed by atoms with Crippen molar-refractivity contribution in [2.75, 3.05) is 19.6 Å². The molecule has 0 spiro atoms. The highest BCUT2D eigenvalue weighted by atomic mass is 35.5. The molecule has 0 heterocycles. The molecule has 1 unspecified atom stereocenters. The molecule has 1 atom stereocenters. The summed E-state index contributed by atoms with van der Waals surface area (Å²) in [5.41, 5.74) is 1.22. The highest BCUT2D eigenvalue weighted by molar-refractivity contribution is 6.21. The maximum atomic E-state index is 6.53. The van der Waals surface area contributed by atoms with Gasteiger partial charge >= 0.3 is 0 Å². The molecule has 18 heavy (non-hydrogen) atoms. The third-order valence-corrected chi connectivity index (χ3v) is 3.22. The van der Waals surface area contributed by atoms with E-state index in [9.17, 15) is 0 Å². The Balaban J connectivity index is 2.59. The van der Waals surface area contributed by atoms with Crippen molar-refractivity contribution in [3.8, 4) is 0 Å². The highest BCUT2D eigenvalue weighted by Gasteiger charge is 2.15. The van der Waals surface area contributed by atoms with E-state index in [4.69, 9.17) is 11.6 Å². The predicted molar refractivity (Wildman–Crippen MR) is 81.2 cm³/mol. The Morgan fingerprint density at radius 3 is 1.83 bits per heavy atom. The first kappa shape index (κ1) is 15.5. The summed E-state index contributed by atoms with van der Waals surface area (Å²) in [6.45, 7) is 12.2. The molecule has 0 radical (unpaired) electrons. The van der Waals surface area contributed by atoms with Gasteiger partial charge in [0.05, 0.1) is 5.38 Å². The van der Waals surface area contributed by atoms with Crippen LogP contribution in [0.25, 0.3) is 0 Å². The summed E-state index contributed by atoms with van der Waals surface area (Å²) >= 11 is 6.53. The predicted octanol–water partition coefficient (Wildman–Crippen LogP) is 4.58. The number of hydrogen-bond acceptors (Lipinski definition) is 1. The zero-order valence-electron chi connectivity index (χ0n) is 12.1. The Hall–Kier alpha value is -0.530. The average molecular weight is 268 g/mol. The third-order valence-electron chi connectivity index (χ3n) is 2.83. The normalized spacial score (nSPS) is 13.6. The van der Waals surface area contributed by atoms with Crippen molar-refractivity contribution in [3.63, 3.8) is 0 Å². The number of halogens is 1. The summed E-state index contributed by atoms with van der Waals surface area (Å²) in [4.78, 5) is 2.49. The van der Waals surface area contributed by atoms with Gasteiger partial charge in [0.2, 0.25) is 0 Å². The molecule has 1 aromatic rings. The van der Waals surface area contributed by atoms with E-state index in [1.54, 1.807) is 0 Å². The van der Waals surface area contributed by atoms with Gasteiger partial charge in [-0.25, -0.2) is 0 Å². The van der Waals surface area contributed by atoms with Crippen LogP contribution in [-0.2, 0) is 0 Å². The molecule has 0 amide bonds. The van der Waals surface area contributed by atoms with Crippen molar-refractivity contribution in [3.05, 3.63) is 35.9 Å². The largest absolute Gasteiger partial charge is 0.301 e. The fourth-order valence-electron chi connectivity index (χ4n) is 2.25. The Kier molecular flexibility index (Phi) is 6.73. The van der Waals surface area contributed by atoms with Gasteiger partial charge in [0.25, 0.3) is 0 Å². The smallest absolute Gasteiger partial charge is 0.0712 e. The highest BCUT2D eigenvalue weighted by Crippen LogP contribution is 2.22. The van der Waals surface area contributed by atoms with Crippen LogP contribution < -0.4 is 0 Å². The van der Waals surface area contributed by atoms with E-state index in [-0.39, 0.29) is 5.38 Å². The summed E-state index contributed by atoms with van der Waals surface area (Å²) in [6.07, 6.45) is 0. The lowest BCUT2D eigenvalue weighted by Gasteiger charge is -2.28. The van der Waals surface area contributed by atoms with Crippen molar-refractivity contribution in [2.24, 2.45) is 11.8 Å². The molecule has 0 N–H and O–H groups in total. The molecule has 0 bridgehead atoms. The second-order valence-corrected chi connectivity index (χ2v) is 6.41. The lowest BCUT2D eigenvalue weighted by molar-refractivity contribution is 0.219. The molecule has 1 aromatic carbocycles. The van der Waals surface area contributed by atoms with Crippen LogP contribution >= 0.6 is 11.6 Å². The van der Waals surface area contributed by atoms with Crippen LogP contribution in [-0.4, -0.2) is 24.5 Å². The summed E-state index contributed by atoms with van der Waals surface area (Å²) < 4.78 is 0. The minimum Gasteiger partial charge on any atom is -0.301 e. The molecule has 0 fully saturated rings. The molecule has 0 aliphatic rings. The van der Waals surface area contributed by atoms with Crippen LogP contribution in [0.2, 0.25) is 0 Å². The monoisotopic (exact) mass is 267 g/mol. The van der Waals surface area contributed by atoms with E-state index in [0.29, 0.717) is 11.8 Å². The molecule has 0 saturated heterocycles. The Morgan fingerprint density at radius 2 is 1.39 bits per heavy atom. The van der Waals surface area contributed by atoms with Crippen LogP contribution in [0.5, 0.6) is 0 Å². The Bertz CT molecular complexity index is 311. The van der Waals surface area contributed by atoms with Gasteiger partial charge in [-0.15, -0.1) is 11.6 Å². The van der Waals surface area contributed by atoms with Crippen molar-refractivity contribution >= 4 is 11.6 Å². The molecule has 102 valence electrons. The number of benzene rings is 1. The fraction of sp³-hybridized carbons (Fsp3) is 0.625. The Morgan fingerprint density at radius 1 is 0.889 bits per heavy atom. The Labute approximate surface area is 117 Å². The quantitative estimate of drug-likeness (QED) is 0.654. The molecular weight excluding hydrogens is 242 g/mol. The second-order valence-electron chi connectivity index (χ2n) is 5.88. The molecular formula is C16H26ClN. The van der Waals surface area contributed by atoms with E-state index in [1.165, 1.54) is 5.56 Å². The van der Waals surface area contributed by atoms with Crippen molar-refractivity contribution in [1.29, 1.82) is 0 Å². The fourth-order valence-corrected chi connectivity index (χ4v) is 2.59. The second kappa shape index (κ2) is 7.81. The van der Waals surface area contributed by atoms with E-state index in [1.807, 2.05) is 6.07 Å². The van der Waals surface area contributed by atoms with Gasteiger partial charge in [-0.2, -0.15) is 0 Å². The maximum absolute atomic E-state index is 6.53. The number of alkyl halides is 1. The van der Waals surface area contributed by atoms with Gasteiger partial charge in [-0.3, -0.25) is 0 Å². The topological polar surface area (TPSA) is 3.24 Å². The van der Waals surface area contributed by atoms with E-state index in [2.05, 4.69) is 56.9 Å². The van der Waals surface area contributed by atoms with Crippen LogP contribution in [0.15, 0.2) is 30.3 Å². The van der Waals surface area contributed by atoms with Gasteiger partial charge in [-0.05, 0) is 17.4 Å². The van der Waals surface area contributed by atoms with Crippen molar-refractivity contribution in [1.82, 2.24) is 4.90 Å². The van der Waals surface area contributed by atoms with Crippen LogP contribution in [0, 0.1) is 11.8 Å². The molecule has 1 rings (SSSR count). The molecule has 0 aliphatic heterocycles. The first-order valence-electron chi connectivity index (χ1n) is 6.90. The number of hydrogen-bond donors (Lipinski definition) is 0. The summed E-state index contributed by atoms with van der Waals surface area (Å²) in [5.74, 6) is 1.37. The molecule has 0 saturated carbocycles. The van der Waals surface area contributed by atoms with Crippen molar-refractivity contribution in [2.45, 2.75) is 33.1 Å². The SMILES string of the molecule is CC(C)CN(CC(C)C)CC(Cl)c1ccccc1. The molecule has 2 heteroatoms. The number of nitrogens with zero attached hydrogens (tertiary/aromatic N) is 1. The zero-order chi connectivity index (χ0) is 13.5. The van der Waals surface area contributed by atoms with Crippen molar-refractivity contribution < 1.29 is 0 Å². The van der Waals surface area contributed by atoms with E-state index >= 15 is 0 Å². The molecule has 0 aliphatic carbocycles.